The predicted octanol–water partition coefficient (Wildman–Crippen LogP) is 5.16. The van der Waals surface area contributed by atoms with Crippen molar-refractivity contribution in [3.8, 4) is 0 Å². The van der Waals surface area contributed by atoms with E-state index in [-0.39, 0.29) is 11.9 Å². The van der Waals surface area contributed by atoms with E-state index in [0.29, 0.717) is 5.92 Å². The van der Waals surface area contributed by atoms with Gasteiger partial charge in [0.2, 0.25) is 0 Å². The molecule has 4 nitrogen and oxygen atoms in total. The molecule has 0 bridgehead atoms. The first-order valence-electron chi connectivity index (χ1n) is 9.77. The number of rotatable bonds is 3. The molecule has 2 fully saturated rings. The molecule has 1 aliphatic carbocycles. The van der Waals surface area contributed by atoms with Crippen molar-refractivity contribution in [1.82, 2.24) is 14.9 Å². The molecule has 5 heteroatoms. The van der Waals surface area contributed by atoms with Crippen LogP contribution in [-0.4, -0.2) is 27.3 Å². The number of thiophene rings is 1. The molecule has 0 radical (unpaired) electrons. The Morgan fingerprint density at radius 2 is 1.89 bits per heavy atom. The summed E-state index contributed by atoms with van der Waals surface area (Å²) in [6.07, 6.45) is 4.46. The summed E-state index contributed by atoms with van der Waals surface area (Å²) in [5, 5.41) is 1.07. The van der Waals surface area contributed by atoms with Gasteiger partial charge in [-0.15, -0.1) is 11.3 Å². The number of fused-ring (bicyclic) bond motifs is 1. The summed E-state index contributed by atoms with van der Waals surface area (Å²) in [7, 11) is 0. The van der Waals surface area contributed by atoms with Gasteiger partial charge in [0.25, 0.3) is 5.91 Å². The summed E-state index contributed by atoms with van der Waals surface area (Å²) in [4.78, 5) is 26.8. The van der Waals surface area contributed by atoms with Gasteiger partial charge in [0.05, 0.1) is 16.6 Å². The molecule has 3 heterocycles. The van der Waals surface area contributed by atoms with Gasteiger partial charge >= 0.3 is 0 Å². The lowest BCUT2D eigenvalue weighted by Gasteiger charge is -2.25. The highest BCUT2D eigenvalue weighted by atomic mass is 32.1. The van der Waals surface area contributed by atoms with Gasteiger partial charge in [0, 0.05) is 17.8 Å². The van der Waals surface area contributed by atoms with Gasteiger partial charge in [-0.3, -0.25) is 4.79 Å². The van der Waals surface area contributed by atoms with E-state index in [1.807, 2.05) is 19.9 Å². The van der Waals surface area contributed by atoms with Gasteiger partial charge < -0.3 is 4.90 Å². The molecule has 2 aromatic heterocycles. The van der Waals surface area contributed by atoms with Gasteiger partial charge in [0.1, 0.15) is 10.7 Å². The minimum absolute atomic E-state index is 0.147. The summed E-state index contributed by atoms with van der Waals surface area (Å²) >= 11 is 1.55. The van der Waals surface area contributed by atoms with Crippen LogP contribution in [0.5, 0.6) is 0 Å². The van der Waals surface area contributed by atoms with Crippen molar-refractivity contribution >= 4 is 27.5 Å². The van der Waals surface area contributed by atoms with Crippen molar-refractivity contribution in [2.75, 3.05) is 6.54 Å². The molecule has 1 aromatic carbocycles. The molecular formula is C22H23N3OS. The van der Waals surface area contributed by atoms with Crippen LogP contribution in [0.4, 0.5) is 0 Å². The monoisotopic (exact) mass is 377 g/mol. The molecule has 27 heavy (non-hydrogen) atoms. The van der Waals surface area contributed by atoms with E-state index < -0.39 is 0 Å². The van der Waals surface area contributed by atoms with Crippen LogP contribution in [0.1, 0.15) is 70.0 Å². The van der Waals surface area contributed by atoms with E-state index in [1.54, 1.807) is 11.3 Å². The number of hydrogen-bond donors (Lipinski definition) is 0. The molecule has 1 unspecified atom stereocenters. The largest absolute Gasteiger partial charge is 0.331 e. The van der Waals surface area contributed by atoms with Crippen LogP contribution >= 0.6 is 11.3 Å². The van der Waals surface area contributed by atoms with Gasteiger partial charge in [-0.2, -0.15) is 0 Å². The zero-order valence-electron chi connectivity index (χ0n) is 15.7. The lowest BCUT2D eigenvalue weighted by molar-refractivity contribution is 0.0740. The number of benzene rings is 1. The molecule has 1 saturated heterocycles. The van der Waals surface area contributed by atoms with Crippen LogP contribution in [0.2, 0.25) is 0 Å². The molecule has 2 aliphatic rings. The van der Waals surface area contributed by atoms with Crippen molar-refractivity contribution in [3.05, 3.63) is 57.9 Å². The zero-order valence-corrected chi connectivity index (χ0v) is 16.6. The quantitative estimate of drug-likeness (QED) is 0.633. The highest BCUT2D eigenvalue weighted by Gasteiger charge is 2.33. The maximum atomic E-state index is 13.5. The normalized spacial score (nSPS) is 19.8. The fourth-order valence-electron chi connectivity index (χ4n) is 4.25. The summed E-state index contributed by atoms with van der Waals surface area (Å²) in [5.74, 6) is 1.63. The lowest BCUT2D eigenvalue weighted by Crippen LogP contribution is -2.30. The Bertz CT molecular complexity index is 1020. The first kappa shape index (κ1) is 16.9. The van der Waals surface area contributed by atoms with E-state index in [9.17, 15) is 4.79 Å². The van der Waals surface area contributed by atoms with Gasteiger partial charge in [0.15, 0.2) is 0 Å². The van der Waals surface area contributed by atoms with Gasteiger partial charge in [-0.25, -0.2) is 9.97 Å². The number of carbonyl (C=O) groups is 1. The second kappa shape index (κ2) is 6.41. The van der Waals surface area contributed by atoms with E-state index in [2.05, 4.69) is 29.2 Å². The molecule has 0 spiro atoms. The maximum Gasteiger partial charge on any atom is 0.264 e. The molecule has 1 amide bonds. The number of nitrogens with zero attached hydrogens (tertiary/aromatic N) is 3. The Kier molecular flexibility index (Phi) is 4.01. The third-order valence-electron chi connectivity index (χ3n) is 5.82. The number of aromatic nitrogens is 2. The van der Waals surface area contributed by atoms with E-state index >= 15 is 0 Å². The average molecular weight is 378 g/mol. The minimum atomic E-state index is 0.147. The standard InChI is InChI=1S/C22H23N3OS/c1-13-18-14(2)23-20(16-10-11-16)24-21(18)27-19(13)22(26)25-12-6-9-17(25)15-7-4-3-5-8-15/h3-5,7-8,16-17H,6,9-12H2,1-2H3. The predicted molar refractivity (Wildman–Crippen MR) is 108 cm³/mol. The SMILES string of the molecule is Cc1nc(C2CC2)nc2sc(C(=O)N3CCCC3c3ccccc3)c(C)c12. The summed E-state index contributed by atoms with van der Waals surface area (Å²) in [6.45, 7) is 4.92. The van der Waals surface area contributed by atoms with Crippen molar-refractivity contribution in [1.29, 1.82) is 0 Å². The second-order valence-electron chi connectivity index (χ2n) is 7.75. The Morgan fingerprint density at radius 1 is 1.11 bits per heavy atom. The molecule has 1 saturated carbocycles. The Balaban J connectivity index is 1.53. The van der Waals surface area contributed by atoms with Crippen LogP contribution in [0, 0.1) is 13.8 Å². The fourth-order valence-corrected chi connectivity index (χ4v) is 5.45. The van der Waals surface area contributed by atoms with Gasteiger partial charge in [-0.1, -0.05) is 30.3 Å². The van der Waals surface area contributed by atoms with Crippen LogP contribution in [0.25, 0.3) is 10.2 Å². The maximum absolute atomic E-state index is 13.5. The van der Waals surface area contributed by atoms with E-state index in [0.717, 1.165) is 51.6 Å². The van der Waals surface area contributed by atoms with Crippen molar-refractivity contribution in [2.24, 2.45) is 0 Å². The zero-order chi connectivity index (χ0) is 18.5. The number of carbonyl (C=O) groups excluding carboxylic acids is 1. The number of hydrogen-bond acceptors (Lipinski definition) is 4. The summed E-state index contributed by atoms with van der Waals surface area (Å²) in [6, 6.07) is 10.6. The Hall–Kier alpha value is -2.27. The van der Waals surface area contributed by atoms with Crippen molar-refractivity contribution in [3.63, 3.8) is 0 Å². The van der Waals surface area contributed by atoms with Crippen LogP contribution in [-0.2, 0) is 0 Å². The molecular weight excluding hydrogens is 354 g/mol. The average Bonchev–Trinajstić information content (AvgIpc) is 3.32. The summed E-state index contributed by atoms with van der Waals surface area (Å²) in [5.41, 5.74) is 3.28. The highest BCUT2D eigenvalue weighted by molar-refractivity contribution is 7.20. The third kappa shape index (κ3) is 2.85. The second-order valence-corrected chi connectivity index (χ2v) is 8.74. The third-order valence-corrected chi connectivity index (χ3v) is 7.00. The molecule has 1 atom stereocenters. The Morgan fingerprint density at radius 3 is 2.63 bits per heavy atom. The van der Waals surface area contributed by atoms with E-state index in [4.69, 9.17) is 9.97 Å². The lowest BCUT2D eigenvalue weighted by atomic mass is 10.0. The number of likely N-dealkylation sites (tertiary alicyclic amines) is 1. The molecule has 5 rings (SSSR count). The highest BCUT2D eigenvalue weighted by Crippen LogP contribution is 2.41. The molecule has 138 valence electrons. The Labute approximate surface area is 163 Å². The number of amides is 1. The smallest absolute Gasteiger partial charge is 0.264 e. The van der Waals surface area contributed by atoms with Crippen molar-refractivity contribution in [2.45, 2.75) is 51.5 Å². The first-order chi connectivity index (χ1) is 13.1. The van der Waals surface area contributed by atoms with Crippen LogP contribution in [0.3, 0.4) is 0 Å². The van der Waals surface area contributed by atoms with Gasteiger partial charge in [-0.05, 0) is 50.7 Å². The summed E-state index contributed by atoms with van der Waals surface area (Å²) < 4.78 is 0. The molecule has 0 N–H and O–H groups in total. The minimum Gasteiger partial charge on any atom is -0.331 e. The van der Waals surface area contributed by atoms with E-state index in [1.165, 1.54) is 18.4 Å². The van der Waals surface area contributed by atoms with Crippen molar-refractivity contribution < 1.29 is 4.79 Å². The number of aryl methyl sites for hydroxylation is 2. The van der Waals surface area contributed by atoms with Crippen LogP contribution in [0.15, 0.2) is 30.3 Å². The van der Waals surface area contributed by atoms with Crippen LogP contribution < -0.4 is 0 Å². The topological polar surface area (TPSA) is 46.1 Å². The molecule has 1 aliphatic heterocycles. The molecule has 3 aromatic rings. The first-order valence-corrected chi connectivity index (χ1v) is 10.6. The fraction of sp³-hybridized carbons (Fsp3) is 0.409.